The molecule has 6 heteroatoms. The van der Waals surface area contributed by atoms with E-state index in [2.05, 4.69) is 17.3 Å². The lowest BCUT2D eigenvalue weighted by Crippen LogP contribution is -2.18. The van der Waals surface area contributed by atoms with Crippen LogP contribution in [0.5, 0.6) is 0 Å². The molecule has 0 spiro atoms. The first-order valence-electron chi connectivity index (χ1n) is 10.5. The summed E-state index contributed by atoms with van der Waals surface area (Å²) in [5, 5.41) is 7.17. The first-order valence-corrected chi connectivity index (χ1v) is 10.5. The second-order valence-electron chi connectivity index (χ2n) is 7.78. The van der Waals surface area contributed by atoms with Gasteiger partial charge >= 0.3 is 0 Å². The lowest BCUT2D eigenvalue weighted by atomic mass is 9.93. The van der Waals surface area contributed by atoms with Gasteiger partial charge < -0.3 is 11.1 Å². The van der Waals surface area contributed by atoms with Gasteiger partial charge in [0, 0.05) is 12.5 Å². The van der Waals surface area contributed by atoms with E-state index in [-0.39, 0.29) is 11.6 Å². The molecule has 0 bridgehead atoms. The molecule has 3 aromatic carbocycles. The van der Waals surface area contributed by atoms with Crippen LogP contribution in [-0.4, -0.2) is 15.7 Å². The molecule has 0 fully saturated rings. The lowest BCUT2D eigenvalue weighted by molar-refractivity contribution is 0.101. The van der Waals surface area contributed by atoms with Crippen molar-refractivity contribution in [1.82, 2.24) is 9.78 Å². The zero-order valence-electron chi connectivity index (χ0n) is 18.0. The molecule has 162 valence electrons. The van der Waals surface area contributed by atoms with E-state index in [1.165, 1.54) is 6.07 Å². The summed E-state index contributed by atoms with van der Waals surface area (Å²) in [7, 11) is 0. The van der Waals surface area contributed by atoms with Crippen molar-refractivity contribution in [1.29, 1.82) is 0 Å². The van der Waals surface area contributed by atoms with Gasteiger partial charge in [0.25, 0.3) is 5.91 Å². The Morgan fingerprint density at radius 3 is 2.56 bits per heavy atom. The predicted molar refractivity (Wildman–Crippen MR) is 125 cm³/mol. The number of hydrogen-bond acceptors (Lipinski definition) is 3. The third kappa shape index (κ3) is 4.45. The molecule has 32 heavy (non-hydrogen) atoms. The van der Waals surface area contributed by atoms with Crippen LogP contribution in [0.15, 0.2) is 78.9 Å². The van der Waals surface area contributed by atoms with Crippen LogP contribution in [0.25, 0.3) is 5.69 Å². The summed E-state index contributed by atoms with van der Waals surface area (Å²) in [6, 6.07) is 24.0. The fourth-order valence-corrected chi connectivity index (χ4v) is 3.70. The number of carbonyl (C=O) groups is 1. The zero-order valence-corrected chi connectivity index (χ0v) is 18.0. The van der Waals surface area contributed by atoms with Crippen LogP contribution in [0.2, 0.25) is 0 Å². The molecule has 1 atom stereocenters. The number of carbonyl (C=O) groups excluding carboxylic acids is 1. The van der Waals surface area contributed by atoms with E-state index in [0.717, 1.165) is 22.4 Å². The van der Waals surface area contributed by atoms with Crippen LogP contribution in [0.3, 0.4) is 0 Å². The van der Waals surface area contributed by atoms with Crippen molar-refractivity contribution in [3.8, 4) is 5.69 Å². The van der Waals surface area contributed by atoms with Gasteiger partial charge in [-0.05, 0) is 53.9 Å². The maximum absolute atomic E-state index is 14.6. The fourth-order valence-electron chi connectivity index (χ4n) is 3.70. The van der Waals surface area contributed by atoms with E-state index in [0.29, 0.717) is 17.9 Å². The summed E-state index contributed by atoms with van der Waals surface area (Å²) < 4.78 is 16.1. The second kappa shape index (κ2) is 9.16. The van der Waals surface area contributed by atoms with Gasteiger partial charge in [0.15, 0.2) is 0 Å². The average Bonchev–Trinajstić information content (AvgIpc) is 3.22. The van der Waals surface area contributed by atoms with Gasteiger partial charge in [-0.3, -0.25) is 4.79 Å². The minimum atomic E-state index is -0.490. The van der Waals surface area contributed by atoms with Gasteiger partial charge in [-0.25, -0.2) is 9.07 Å². The largest absolute Gasteiger partial charge is 0.326 e. The Morgan fingerprint density at radius 2 is 1.81 bits per heavy atom. The van der Waals surface area contributed by atoms with Crippen molar-refractivity contribution in [2.45, 2.75) is 26.3 Å². The van der Waals surface area contributed by atoms with Gasteiger partial charge in [-0.1, -0.05) is 55.5 Å². The highest BCUT2D eigenvalue weighted by atomic mass is 19.1. The fraction of sp³-hybridized carbons (Fsp3) is 0.154. The average molecular weight is 429 g/mol. The van der Waals surface area contributed by atoms with Crippen molar-refractivity contribution in [2.24, 2.45) is 5.73 Å². The van der Waals surface area contributed by atoms with E-state index < -0.39 is 11.7 Å². The maximum Gasteiger partial charge on any atom is 0.274 e. The van der Waals surface area contributed by atoms with Crippen LogP contribution < -0.4 is 11.1 Å². The van der Waals surface area contributed by atoms with Gasteiger partial charge in [-0.2, -0.15) is 5.10 Å². The van der Waals surface area contributed by atoms with Crippen molar-refractivity contribution in [3.05, 3.63) is 113 Å². The number of amides is 1. The molecule has 4 aromatic rings. The molecule has 1 unspecified atom stereocenters. The number of anilines is 1. The summed E-state index contributed by atoms with van der Waals surface area (Å²) >= 11 is 0. The number of hydrogen-bond donors (Lipinski definition) is 2. The Hall–Kier alpha value is -3.77. The lowest BCUT2D eigenvalue weighted by Gasteiger charge is -2.15. The van der Waals surface area contributed by atoms with Crippen LogP contribution in [0.4, 0.5) is 10.1 Å². The number of nitrogens with one attached hydrogen (secondary N) is 1. The number of halogens is 1. The van der Waals surface area contributed by atoms with Gasteiger partial charge in [0.05, 0.1) is 17.1 Å². The minimum Gasteiger partial charge on any atom is -0.326 e. The molecule has 1 heterocycles. The molecule has 0 aliphatic rings. The topological polar surface area (TPSA) is 72.9 Å². The van der Waals surface area contributed by atoms with Crippen LogP contribution in [0.1, 0.15) is 45.7 Å². The molecule has 3 N–H and O–H groups in total. The molecule has 0 aliphatic heterocycles. The molecule has 5 nitrogen and oxygen atoms in total. The van der Waals surface area contributed by atoms with Crippen molar-refractivity contribution >= 4 is 11.6 Å². The third-order valence-corrected chi connectivity index (χ3v) is 5.49. The van der Waals surface area contributed by atoms with Crippen LogP contribution in [-0.2, 0) is 6.54 Å². The van der Waals surface area contributed by atoms with Crippen LogP contribution >= 0.6 is 0 Å². The molecular formula is C26H25FN4O. The Labute approximate surface area is 186 Å². The molecule has 1 aromatic heterocycles. The van der Waals surface area contributed by atoms with Gasteiger partial charge in [0.2, 0.25) is 0 Å². The SMILES string of the molecule is Cc1cc(C(=O)Nc2cc(C(C)c3ccccc3)ccc2F)n(-c2cccc(CN)c2)n1. The molecule has 0 saturated heterocycles. The first-order chi connectivity index (χ1) is 15.5. The smallest absolute Gasteiger partial charge is 0.274 e. The summed E-state index contributed by atoms with van der Waals surface area (Å²) in [4.78, 5) is 13.1. The van der Waals surface area contributed by atoms with Crippen molar-refractivity contribution < 1.29 is 9.18 Å². The zero-order chi connectivity index (χ0) is 22.7. The van der Waals surface area contributed by atoms with Gasteiger partial charge in [-0.15, -0.1) is 0 Å². The number of rotatable bonds is 6. The molecule has 0 saturated carbocycles. The summed E-state index contributed by atoms with van der Waals surface area (Å²) in [6.45, 7) is 4.24. The summed E-state index contributed by atoms with van der Waals surface area (Å²) in [5.74, 6) is -0.873. The Kier molecular flexibility index (Phi) is 6.14. The molecular weight excluding hydrogens is 403 g/mol. The maximum atomic E-state index is 14.6. The first kappa shape index (κ1) is 21.5. The highest BCUT2D eigenvalue weighted by molar-refractivity contribution is 6.03. The van der Waals surface area contributed by atoms with Crippen LogP contribution in [0, 0.1) is 12.7 Å². The third-order valence-electron chi connectivity index (χ3n) is 5.49. The molecule has 0 radical (unpaired) electrons. The highest BCUT2D eigenvalue weighted by Crippen LogP contribution is 2.28. The number of nitrogens with zero attached hydrogens (tertiary/aromatic N) is 2. The Balaban J connectivity index is 1.64. The molecule has 1 amide bonds. The van der Waals surface area contributed by atoms with E-state index in [4.69, 9.17) is 5.73 Å². The van der Waals surface area contributed by atoms with E-state index in [1.54, 1.807) is 22.9 Å². The Bertz CT molecular complexity index is 1250. The van der Waals surface area contributed by atoms with Gasteiger partial charge in [0.1, 0.15) is 11.5 Å². The number of nitrogens with two attached hydrogens (primary N) is 1. The van der Waals surface area contributed by atoms with E-state index in [1.807, 2.05) is 61.5 Å². The number of benzene rings is 3. The number of aromatic nitrogens is 2. The quantitative estimate of drug-likeness (QED) is 0.444. The Morgan fingerprint density at radius 1 is 1.03 bits per heavy atom. The summed E-state index contributed by atoms with van der Waals surface area (Å²) in [6.07, 6.45) is 0. The summed E-state index contributed by atoms with van der Waals surface area (Å²) in [5.41, 5.74) is 10.6. The minimum absolute atomic E-state index is 0.0548. The number of aryl methyl sites for hydroxylation is 1. The monoisotopic (exact) mass is 428 g/mol. The molecule has 4 rings (SSSR count). The standard InChI is InChI=1S/C26H25FN4O/c1-17-13-25(31(30-17)22-10-6-7-19(14-22)16-28)26(32)29-24-15-21(11-12-23(24)27)18(2)20-8-4-3-5-9-20/h3-15,18H,16,28H2,1-2H3,(H,29,32). The van der Waals surface area contributed by atoms with E-state index in [9.17, 15) is 9.18 Å². The highest BCUT2D eigenvalue weighted by Gasteiger charge is 2.18. The van der Waals surface area contributed by atoms with E-state index >= 15 is 0 Å². The second-order valence-corrected chi connectivity index (χ2v) is 7.78. The predicted octanol–water partition coefficient (Wildman–Crippen LogP) is 5.18. The molecule has 0 aliphatic carbocycles. The van der Waals surface area contributed by atoms with Crippen molar-refractivity contribution in [2.75, 3.05) is 5.32 Å². The normalized spacial score (nSPS) is 11.9. The van der Waals surface area contributed by atoms with Crippen molar-refractivity contribution in [3.63, 3.8) is 0 Å².